The Hall–Kier alpha value is -0.290. The van der Waals surface area contributed by atoms with E-state index in [-0.39, 0.29) is 0 Å². The SMILES string of the molecule is CS(=O)(=O)N[C@@H]1C(O)OC(CO)C(O)C1O. The zero-order valence-electron chi connectivity index (χ0n) is 8.52. The Kier molecular flexibility index (Phi) is 4.23. The Bertz CT molecular complexity index is 332. The van der Waals surface area contributed by atoms with E-state index in [4.69, 9.17) is 9.84 Å². The van der Waals surface area contributed by atoms with Crippen LogP contribution in [0.25, 0.3) is 0 Å². The number of hydrogen-bond donors (Lipinski definition) is 5. The molecule has 1 aliphatic heterocycles. The van der Waals surface area contributed by atoms with Crippen LogP contribution in [0, 0.1) is 0 Å². The average Bonchev–Trinajstić information content (AvgIpc) is 2.17. The fraction of sp³-hybridized carbons (Fsp3) is 1.00. The number of sulfonamides is 1. The van der Waals surface area contributed by atoms with Gasteiger partial charge in [-0.1, -0.05) is 0 Å². The third-order valence-electron chi connectivity index (χ3n) is 2.25. The summed E-state index contributed by atoms with van der Waals surface area (Å²) in [5, 5.41) is 37.1. The van der Waals surface area contributed by atoms with Crippen molar-refractivity contribution in [1.29, 1.82) is 0 Å². The highest BCUT2D eigenvalue weighted by Crippen LogP contribution is 2.19. The van der Waals surface area contributed by atoms with Crippen LogP contribution >= 0.6 is 0 Å². The third kappa shape index (κ3) is 3.10. The number of ether oxygens (including phenoxy) is 1. The maximum Gasteiger partial charge on any atom is 0.209 e. The van der Waals surface area contributed by atoms with Crippen molar-refractivity contribution in [2.24, 2.45) is 0 Å². The molecular weight excluding hydrogens is 242 g/mol. The summed E-state index contributed by atoms with van der Waals surface area (Å²) in [5.74, 6) is 0. The van der Waals surface area contributed by atoms with Gasteiger partial charge in [-0.15, -0.1) is 0 Å². The van der Waals surface area contributed by atoms with Gasteiger partial charge in [-0.25, -0.2) is 13.1 Å². The Balaban J connectivity index is 2.80. The molecule has 16 heavy (non-hydrogen) atoms. The molecule has 1 heterocycles. The Morgan fingerprint density at radius 3 is 2.25 bits per heavy atom. The fourth-order valence-electron chi connectivity index (χ4n) is 1.47. The standard InChI is InChI=1S/C7H15NO7S/c1-16(13,14)8-4-6(11)5(10)3(2-9)15-7(4)12/h3-12H,2H2,1H3/t3?,4-,5?,6?,7?/m0/s1. The zero-order chi connectivity index (χ0) is 12.5. The van der Waals surface area contributed by atoms with Gasteiger partial charge >= 0.3 is 0 Å². The van der Waals surface area contributed by atoms with E-state index in [0.29, 0.717) is 0 Å². The van der Waals surface area contributed by atoms with Crippen molar-refractivity contribution in [2.45, 2.75) is 30.6 Å². The van der Waals surface area contributed by atoms with E-state index >= 15 is 0 Å². The lowest BCUT2D eigenvalue weighted by Gasteiger charge is -2.39. The topological polar surface area (TPSA) is 136 Å². The van der Waals surface area contributed by atoms with Crippen LogP contribution < -0.4 is 4.72 Å². The molecule has 0 spiro atoms. The molecule has 1 rings (SSSR count). The number of nitrogens with one attached hydrogen (secondary N) is 1. The first kappa shape index (κ1) is 13.8. The summed E-state index contributed by atoms with van der Waals surface area (Å²) in [6.07, 6.45) is -4.98. The molecule has 0 amide bonds. The molecule has 1 fully saturated rings. The Morgan fingerprint density at radius 2 is 1.81 bits per heavy atom. The van der Waals surface area contributed by atoms with Crippen molar-refractivity contribution in [3.63, 3.8) is 0 Å². The van der Waals surface area contributed by atoms with Crippen molar-refractivity contribution in [2.75, 3.05) is 12.9 Å². The summed E-state index contributed by atoms with van der Waals surface area (Å²) in [6, 6.07) is -1.37. The second-order valence-corrected chi connectivity index (χ2v) is 5.42. The molecule has 0 aromatic rings. The molecule has 0 radical (unpaired) electrons. The molecule has 96 valence electrons. The third-order valence-corrected chi connectivity index (χ3v) is 2.95. The van der Waals surface area contributed by atoms with Crippen LogP contribution in [0.1, 0.15) is 0 Å². The van der Waals surface area contributed by atoms with Gasteiger partial charge in [-0.2, -0.15) is 0 Å². The van der Waals surface area contributed by atoms with Gasteiger partial charge in [0, 0.05) is 0 Å². The monoisotopic (exact) mass is 257 g/mol. The summed E-state index contributed by atoms with van der Waals surface area (Å²) >= 11 is 0. The average molecular weight is 257 g/mol. The maximum atomic E-state index is 10.9. The second kappa shape index (κ2) is 4.92. The number of aliphatic hydroxyl groups excluding tert-OH is 4. The van der Waals surface area contributed by atoms with Crippen molar-refractivity contribution < 1.29 is 33.6 Å². The van der Waals surface area contributed by atoms with Gasteiger partial charge in [0.2, 0.25) is 10.0 Å². The molecule has 1 aliphatic rings. The van der Waals surface area contributed by atoms with Gasteiger partial charge in [0.15, 0.2) is 6.29 Å². The second-order valence-electron chi connectivity index (χ2n) is 3.64. The molecule has 0 saturated carbocycles. The van der Waals surface area contributed by atoms with Crippen LogP contribution in [0.4, 0.5) is 0 Å². The van der Waals surface area contributed by atoms with Gasteiger partial charge in [0.05, 0.1) is 12.9 Å². The lowest BCUT2D eigenvalue weighted by molar-refractivity contribution is -0.251. The summed E-state index contributed by atoms with van der Waals surface area (Å²) in [6.45, 7) is -0.596. The summed E-state index contributed by atoms with van der Waals surface area (Å²) < 4.78 is 28.5. The van der Waals surface area contributed by atoms with Crippen molar-refractivity contribution in [1.82, 2.24) is 4.72 Å². The highest BCUT2D eigenvalue weighted by molar-refractivity contribution is 7.88. The quantitative estimate of drug-likeness (QED) is 0.351. The van der Waals surface area contributed by atoms with E-state index < -0.39 is 47.3 Å². The van der Waals surface area contributed by atoms with Crippen LogP contribution in [-0.4, -0.2) is 72.4 Å². The minimum atomic E-state index is -3.66. The first-order valence-corrected chi connectivity index (χ1v) is 6.43. The van der Waals surface area contributed by atoms with E-state index in [2.05, 4.69) is 0 Å². The minimum Gasteiger partial charge on any atom is -0.394 e. The molecule has 5 atom stereocenters. The molecule has 8 nitrogen and oxygen atoms in total. The molecule has 4 unspecified atom stereocenters. The zero-order valence-corrected chi connectivity index (χ0v) is 9.33. The smallest absolute Gasteiger partial charge is 0.209 e. The highest BCUT2D eigenvalue weighted by Gasteiger charge is 2.44. The first-order chi connectivity index (χ1) is 7.26. The molecule has 0 aromatic heterocycles. The van der Waals surface area contributed by atoms with Gasteiger partial charge < -0.3 is 25.2 Å². The van der Waals surface area contributed by atoms with Gasteiger partial charge in [-0.05, 0) is 0 Å². The van der Waals surface area contributed by atoms with Crippen LogP contribution in [0.2, 0.25) is 0 Å². The summed E-state index contributed by atoms with van der Waals surface area (Å²) in [5.41, 5.74) is 0. The Labute approximate surface area is 92.5 Å². The van der Waals surface area contributed by atoms with E-state index in [1.54, 1.807) is 0 Å². The molecular formula is C7H15NO7S. The molecule has 5 N–H and O–H groups in total. The molecule has 0 aromatic carbocycles. The molecule has 1 saturated heterocycles. The van der Waals surface area contributed by atoms with Gasteiger partial charge in [0.25, 0.3) is 0 Å². The molecule has 9 heteroatoms. The first-order valence-electron chi connectivity index (χ1n) is 4.54. The number of aliphatic hydroxyl groups is 4. The fourth-order valence-corrected chi connectivity index (χ4v) is 2.22. The maximum absolute atomic E-state index is 10.9. The van der Waals surface area contributed by atoms with Crippen molar-refractivity contribution in [3.8, 4) is 0 Å². The Morgan fingerprint density at radius 1 is 1.25 bits per heavy atom. The normalized spacial score (nSPS) is 40.9. The molecule has 0 bridgehead atoms. The lowest BCUT2D eigenvalue weighted by atomic mass is 9.98. The predicted octanol–water partition coefficient (Wildman–Crippen LogP) is -3.66. The van der Waals surface area contributed by atoms with Crippen LogP contribution in [-0.2, 0) is 14.8 Å². The van der Waals surface area contributed by atoms with Crippen molar-refractivity contribution in [3.05, 3.63) is 0 Å². The predicted molar refractivity (Wildman–Crippen MR) is 51.7 cm³/mol. The summed E-state index contributed by atoms with van der Waals surface area (Å²) in [7, 11) is -3.66. The summed E-state index contributed by atoms with van der Waals surface area (Å²) in [4.78, 5) is 0. The van der Waals surface area contributed by atoms with E-state index in [9.17, 15) is 23.7 Å². The van der Waals surface area contributed by atoms with Gasteiger partial charge in [0.1, 0.15) is 24.4 Å². The highest BCUT2D eigenvalue weighted by atomic mass is 32.2. The number of hydrogen-bond acceptors (Lipinski definition) is 7. The number of rotatable bonds is 3. The van der Waals surface area contributed by atoms with Crippen molar-refractivity contribution >= 4 is 10.0 Å². The van der Waals surface area contributed by atoms with Crippen LogP contribution in [0.15, 0.2) is 0 Å². The van der Waals surface area contributed by atoms with Crippen LogP contribution in [0.3, 0.4) is 0 Å². The van der Waals surface area contributed by atoms with E-state index in [0.717, 1.165) is 6.26 Å². The molecule has 0 aliphatic carbocycles. The van der Waals surface area contributed by atoms with E-state index in [1.165, 1.54) is 0 Å². The van der Waals surface area contributed by atoms with Gasteiger partial charge in [-0.3, -0.25) is 0 Å². The minimum absolute atomic E-state index is 0.596. The van der Waals surface area contributed by atoms with E-state index in [1.807, 2.05) is 4.72 Å². The van der Waals surface area contributed by atoms with Crippen LogP contribution in [0.5, 0.6) is 0 Å². The lowest BCUT2D eigenvalue weighted by Crippen LogP contribution is -2.63. The largest absolute Gasteiger partial charge is 0.394 e.